The number of ether oxygens (including phenoxy) is 1. The van der Waals surface area contributed by atoms with E-state index in [9.17, 15) is 8.42 Å². The van der Waals surface area contributed by atoms with Crippen molar-refractivity contribution >= 4 is 21.6 Å². The predicted molar refractivity (Wildman–Crippen MR) is 103 cm³/mol. The Morgan fingerprint density at radius 1 is 0.962 bits per heavy atom. The Hall–Kier alpha value is -2.99. The molecule has 0 bridgehead atoms. The fraction of sp³-hybridized carbons (Fsp3) is 0.100. The summed E-state index contributed by atoms with van der Waals surface area (Å²) >= 11 is 0. The maximum atomic E-state index is 12.7. The molecule has 26 heavy (non-hydrogen) atoms. The third-order valence-corrected chi connectivity index (χ3v) is 4.96. The van der Waals surface area contributed by atoms with Crippen molar-refractivity contribution < 1.29 is 13.2 Å². The maximum Gasteiger partial charge on any atom is 0.284 e. The quantitative estimate of drug-likeness (QED) is 0.611. The first-order valence-corrected chi connectivity index (χ1v) is 9.49. The van der Waals surface area contributed by atoms with Crippen molar-refractivity contribution in [2.45, 2.75) is 11.3 Å². The molecule has 0 aromatic heterocycles. The van der Waals surface area contributed by atoms with Gasteiger partial charge in [0, 0.05) is 5.56 Å². The summed E-state index contributed by atoms with van der Waals surface area (Å²) in [6.45, 7) is 0. The van der Waals surface area contributed by atoms with E-state index in [-0.39, 0.29) is 10.7 Å². The Morgan fingerprint density at radius 3 is 2.23 bits per heavy atom. The minimum Gasteiger partial charge on any atom is -0.497 e. The van der Waals surface area contributed by atoms with Crippen molar-refractivity contribution in [3.05, 3.63) is 84.5 Å². The minimum absolute atomic E-state index is 0.0849. The molecule has 1 aliphatic rings. The van der Waals surface area contributed by atoms with Crippen molar-refractivity contribution in [3.8, 4) is 5.75 Å². The lowest BCUT2D eigenvalue weighted by Gasteiger charge is -2.06. The van der Waals surface area contributed by atoms with Crippen LogP contribution in [0, 0.1) is 0 Å². The normalized spacial score (nSPS) is 14.3. The van der Waals surface area contributed by atoms with Crippen LogP contribution in [0.3, 0.4) is 0 Å². The number of hydrogen-bond acceptors (Lipinski definition) is 3. The molecule has 0 saturated heterocycles. The number of rotatable bonds is 4. The van der Waals surface area contributed by atoms with E-state index in [4.69, 9.17) is 4.74 Å². The van der Waals surface area contributed by atoms with Crippen molar-refractivity contribution in [1.29, 1.82) is 0 Å². The Labute approximate surface area is 153 Å². The second-order valence-electron chi connectivity index (χ2n) is 5.51. The summed E-state index contributed by atoms with van der Waals surface area (Å²) in [5.41, 5.74) is 1.29. The van der Waals surface area contributed by atoms with Crippen LogP contribution in [-0.2, 0) is 10.0 Å². The van der Waals surface area contributed by atoms with E-state index in [0.717, 1.165) is 6.42 Å². The van der Waals surface area contributed by atoms with Crippen molar-refractivity contribution in [2.75, 3.05) is 7.11 Å². The van der Waals surface area contributed by atoms with E-state index in [1.165, 1.54) is 19.2 Å². The van der Waals surface area contributed by atoms with Gasteiger partial charge in [0.15, 0.2) is 5.84 Å². The molecule has 0 spiro atoms. The van der Waals surface area contributed by atoms with Crippen LogP contribution in [0.1, 0.15) is 12.0 Å². The third-order valence-electron chi connectivity index (χ3n) is 3.68. The predicted octanol–water partition coefficient (Wildman–Crippen LogP) is 3.79. The Kier molecular flexibility index (Phi) is 5.43. The molecule has 2 aromatic carbocycles. The van der Waals surface area contributed by atoms with Crippen molar-refractivity contribution in [1.82, 2.24) is 0 Å². The lowest BCUT2D eigenvalue weighted by Crippen LogP contribution is -2.07. The first-order chi connectivity index (χ1) is 12.6. The molecule has 0 N–H and O–H groups in total. The van der Waals surface area contributed by atoms with Crippen LogP contribution < -0.4 is 4.74 Å². The Balaban J connectivity index is 2.06. The van der Waals surface area contributed by atoms with Gasteiger partial charge in [0.25, 0.3) is 10.0 Å². The SMILES string of the molecule is COc1ccc(S(=O)(=O)N=C(N=C2C=CCC=C2)c2ccccc2)cc1. The van der Waals surface area contributed by atoms with Gasteiger partial charge in [-0.2, -0.15) is 8.42 Å². The second kappa shape index (κ2) is 7.93. The molecule has 0 aliphatic heterocycles. The Morgan fingerprint density at radius 2 is 1.62 bits per heavy atom. The first kappa shape index (κ1) is 17.8. The highest BCUT2D eigenvalue weighted by Gasteiger charge is 2.16. The molecular weight excluding hydrogens is 348 g/mol. The van der Waals surface area contributed by atoms with E-state index >= 15 is 0 Å². The lowest BCUT2D eigenvalue weighted by molar-refractivity contribution is 0.414. The second-order valence-corrected chi connectivity index (χ2v) is 7.11. The fourth-order valence-corrected chi connectivity index (χ4v) is 3.31. The van der Waals surface area contributed by atoms with Gasteiger partial charge in [0.2, 0.25) is 0 Å². The zero-order chi connectivity index (χ0) is 18.4. The summed E-state index contributed by atoms with van der Waals surface area (Å²) < 4.78 is 34.5. The van der Waals surface area contributed by atoms with Crippen LogP contribution in [0.4, 0.5) is 0 Å². The van der Waals surface area contributed by atoms with Gasteiger partial charge in [-0.1, -0.05) is 42.5 Å². The van der Waals surface area contributed by atoms with E-state index in [1.54, 1.807) is 24.3 Å². The summed E-state index contributed by atoms with van der Waals surface area (Å²) in [5, 5.41) is 0. The average molecular weight is 366 g/mol. The van der Waals surface area contributed by atoms with Gasteiger partial charge in [-0.05, 0) is 42.8 Å². The van der Waals surface area contributed by atoms with Crippen LogP contribution in [0.15, 0.2) is 93.2 Å². The number of hydrogen-bond donors (Lipinski definition) is 0. The summed E-state index contributed by atoms with van der Waals surface area (Å²) in [7, 11) is -2.38. The zero-order valence-electron chi connectivity index (χ0n) is 14.2. The summed E-state index contributed by atoms with van der Waals surface area (Å²) in [4.78, 5) is 4.52. The highest BCUT2D eigenvalue weighted by atomic mass is 32.2. The summed E-state index contributed by atoms with van der Waals surface area (Å²) in [6.07, 6.45) is 8.44. The van der Waals surface area contributed by atoms with Gasteiger partial charge in [-0.3, -0.25) is 0 Å². The number of amidine groups is 1. The smallest absolute Gasteiger partial charge is 0.284 e. The summed E-state index contributed by atoms with van der Waals surface area (Å²) in [6, 6.07) is 15.2. The van der Waals surface area contributed by atoms with Gasteiger partial charge in [-0.15, -0.1) is 4.40 Å². The largest absolute Gasteiger partial charge is 0.497 e. The van der Waals surface area contributed by atoms with Gasteiger partial charge in [-0.25, -0.2) is 4.99 Å². The topological polar surface area (TPSA) is 68.1 Å². The molecule has 6 heteroatoms. The Bertz CT molecular complexity index is 973. The molecule has 1 aliphatic carbocycles. The molecule has 3 rings (SSSR count). The minimum atomic E-state index is -3.91. The zero-order valence-corrected chi connectivity index (χ0v) is 15.1. The monoisotopic (exact) mass is 366 g/mol. The van der Waals surface area contributed by atoms with Crippen molar-refractivity contribution in [2.24, 2.45) is 9.39 Å². The number of nitrogens with zero attached hydrogens (tertiary/aromatic N) is 2. The average Bonchev–Trinajstić information content (AvgIpc) is 2.69. The molecule has 0 atom stereocenters. The molecule has 0 amide bonds. The number of sulfonamides is 1. The van der Waals surface area contributed by atoms with Crippen molar-refractivity contribution in [3.63, 3.8) is 0 Å². The van der Waals surface area contributed by atoms with Crippen LogP contribution in [-0.4, -0.2) is 27.1 Å². The molecule has 5 nitrogen and oxygen atoms in total. The summed E-state index contributed by atoms with van der Waals surface area (Å²) in [5.74, 6) is 0.724. The first-order valence-electron chi connectivity index (χ1n) is 8.05. The molecule has 0 heterocycles. The molecule has 0 unspecified atom stereocenters. The molecule has 0 saturated carbocycles. The van der Waals surface area contributed by atoms with E-state index in [0.29, 0.717) is 17.0 Å². The molecule has 132 valence electrons. The van der Waals surface area contributed by atoms with Gasteiger partial charge < -0.3 is 4.74 Å². The standard InChI is InChI=1S/C20H18N2O3S/c1-25-18-12-14-19(15-13-18)26(23,24)22-20(16-8-4-2-5-9-16)21-17-10-6-3-7-11-17/h2,4-15H,3H2,1H3. The fourth-order valence-electron chi connectivity index (χ4n) is 2.35. The van der Waals surface area contributed by atoms with Gasteiger partial charge in [0.05, 0.1) is 17.7 Å². The number of benzene rings is 2. The van der Waals surface area contributed by atoms with Crippen LogP contribution in [0.5, 0.6) is 5.75 Å². The molecule has 0 radical (unpaired) electrons. The third kappa shape index (κ3) is 4.34. The van der Waals surface area contributed by atoms with Gasteiger partial charge in [0.1, 0.15) is 5.75 Å². The molecular formula is C20H18N2O3S. The van der Waals surface area contributed by atoms with E-state index < -0.39 is 10.0 Å². The number of methoxy groups -OCH3 is 1. The molecule has 2 aromatic rings. The van der Waals surface area contributed by atoms with Gasteiger partial charge >= 0.3 is 0 Å². The van der Waals surface area contributed by atoms with Crippen LogP contribution in [0.2, 0.25) is 0 Å². The number of aliphatic imine (C=N–C) groups is 1. The lowest BCUT2D eigenvalue weighted by atomic mass is 10.1. The van der Waals surface area contributed by atoms with E-state index in [1.807, 2.05) is 42.5 Å². The number of allylic oxidation sites excluding steroid dienone is 4. The highest BCUT2D eigenvalue weighted by molar-refractivity contribution is 7.90. The molecule has 0 fully saturated rings. The van der Waals surface area contributed by atoms with Crippen LogP contribution >= 0.6 is 0 Å². The van der Waals surface area contributed by atoms with Crippen LogP contribution in [0.25, 0.3) is 0 Å². The van der Waals surface area contributed by atoms with E-state index in [2.05, 4.69) is 9.39 Å². The highest BCUT2D eigenvalue weighted by Crippen LogP contribution is 2.19. The maximum absolute atomic E-state index is 12.7.